The van der Waals surface area contributed by atoms with Crippen LogP contribution in [-0.2, 0) is 4.79 Å². The summed E-state index contributed by atoms with van der Waals surface area (Å²) < 4.78 is 0. The van der Waals surface area contributed by atoms with E-state index in [0.29, 0.717) is 13.1 Å². The number of aliphatic hydroxyl groups is 1. The van der Waals surface area contributed by atoms with Gasteiger partial charge in [-0.15, -0.1) is 0 Å². The summed E-state index contributed by atoms with van der Waals surface area (Å²) in [5.74, 6) is 0.0120. The molecule has 0 saturated carbocycles. The Balaban J connectivity index is 2.83. The van der Waals surface area contributed by atoms with Gasteiger partial charge in [0.2, 0.25) is 5.91 Å². The van der Waals surface area contributed by atoms with Crippen molar-refractivity contribution in [3.8, 4) is 0 Å². The molecule has 0 aliphatic rings. The first-order valence-electron chi connectivity index (χ1n) is 6.19. The van der Waals surface area contributed by atoms with Gasteiger partial charge in [0.25, 0.3) is 0 Å². The molecule has 0 aliphatic heterocycles. The maximum absolute atomic E-state index is 12.3. The minimum absolute atomic E-state index is 0.0187. The summed E-state index contributed by atoms with van der Waals surface area (Å²) in [5.41, 5.74) is 1.05. The topological polar surface area (TPSA) is 40.5 Å². The van der Waals surface area contributed by atoms with E-state index in [1.165, 1.54) is 0 Å². The van der Waals surface area contributed by atoms with Crippen molar-refractivity contribution >= 4 is 5.91 Å². The zero-order chi connectivity index (χ0) is 12.7. The van der Waals surface area contributed by atoms with Crippen molar-refractivity contribution in [2.75, 3.05) is 19.7 Å². The second kappa shape index (κ2) is 7.07. The van der Waals surface area contributed by atoms with Gasteiger partial charge >= 0.3 is 0 Å². The van der Waals surface area contributed by atoms with Gasteiger partial charge in [-0.05, 0) is 18.9 Å². The van der Waals surface area contributed by atoms with Crippen LogP contribution >= 0.6 is 0 Å². The maximum atomic E-state index is 12.3. The molecule has 1 aromatic carbocycles. The zero-order valence-electron chi connectivity index (χ0n) is 10.6. The number of carbonyl (C=O) groups excluding carboxylic acids is 1. The predicted molar refractivity (Wildman–Crippen MR) is 68.8 cm³/mol. The molecule has 1 rings (SSSR count). The quantitative estimate of drug-likeness (QED) is 0.819. The van der Waals surface area contributed by atoms with Crippen LogP contribution in [0.2, 0.25) is 0 Å². The molecule has 1 amide bonds. The average Bonchev–Trinajstić information content (AvgIpc) is 2.38. The first-order valence-corrected chi connectivity index (χ1v) is 6.19. The third kappa shape index (κ3) is 3.56. The molecule has 17 heavy (non-hydrogen) atoms. The molecule has 3 heteroatoms. The lowest BCUT2D eigenvalue weighted by Gasteiger charge is -2.25. The Hall–Kier alpha value is -1.35. The highest BCUT2D eigenvalue weighted by atomic mass is 16.3. The van der Waals surface area contributed by atoms with E-state index in [9.17, 15) is 4.79 Å². The fraction of sp³-hybridized carbons (Fsp3) is 0.500. The number of likely N-dealkylation sites (N-methyl/N-ethyl adjacent to an activating group) is 1. The minimum Gasteiger partial charge on any atom is -0.395 e. The van der Waals surface area contributed by atoms with Crippen LogP contribution < -0.4 is 0 Å². The van der Waals surface area contributed by atoms with E-state index in [-0.39, 0.29) is 18.4 Å². The number of nitrogens with zero attached hydrogens (tertiary/aromatic N) is 1. The average molecular weight is 235 g/mol. The molecule has 1 aromatic rings. The standard InChI is InChI=1S/C14H21NO2/c1-3-13(12-8-6-5-7-9-12)14(17)15(4-2)10-11-16/h5-9,13,16H,3-4,10-11H2,1-2H3. The zero-order valence-corrected chi connectivity index (χ0v) is 10.6. The van der Waals surface area contributed by atoms with E-state index in [4.69, 9.17) is 5.11 Å². The van der Waals surface area contributed by atoms with Gasteiger partial charge in [-0.3, -0.25) is 4.79 Å². The summed E-state index contributed by atoms with van der Waals surface area (Å²) in [6.07, 6.45) is 0.783. The molecule has 0 aromatic heterocycles. The van der Waals surface area contributed by atoms with Crippen molar-refractivity contribution in [1.29, 1.82) is 0 Å². The van der Waals surface area contributed by atoms with Crippen molar-refractivity contribution < 1.29 is 9.90 Å². The van der Waals surface area contributed by atoms with E-state index < -0.39 is 0 Å². The number of benzene rings is 1. The van der Waals surface area contributed by atoms with E-state index in [1.807, 2.05) is 44.2 Å². The number of amides is 1. The molecule has 0 spiro atoms. The van der Waals surface area contributed by atoms with Crippen LogP contribution in [0.4, 0.5) is 0 Å². The van der Waals surface area contributed by atoms with Crippen LogP contribution in [0.1, 0.15) is 31.7 Å². The first-order chi connectivity index (χ1) is 8.24. The molecule has 0 heterocycles. The Bertz CT molecular complexity index is 337. The van der Waals surface area contributed by atoms with Gasteiger partial charge in [-0.2, -0.15) is 0 Å². The lowest BCUT2D eigenvalue weighted by atomic mass is 9.95. The summed E-state index contributed by atoms with van der Waals surface area (Å²) in [6, 6.07) is 9.82. The Labute approximate surface area is 103 Å². The monoisotopic (exact) mass is 235 g/mol. The van der Waals surface area contributed by atoms with Crippen molar-refractivity contribution in [2.45, 2.75) is 26.2 Å². The second-order valence-corrected chi connectivity index (χ2v) is 4.01. The summed E-state index contributed by atoms with van der Waals surface area (Å²) >= 11 is 0. The van der Waals surface area contributed by atoms with E-state index >= 15 is 0 Å². The highest BCUT2D eigenvalue weighted by Crippen LogP contribution is 2.21. The molecule has 1 N–H and O–H groups in total. The van der Waals surface area contributed by atoms with Crippen molar-refractivity contribution in [1.82, 2.24) is 4.90 Å². The summed E-state index contributed by atoms with van der Waals surface area (Å²) in [4.78, 5) is 14.0. The van der Waals surface area contributed by atoms with E-state index in [2.05, 4.69) is 0 Å². The second-order valence-electron chi connectivity index (χ2n) is 4.01. The summed E-state index contributed by atoms with van der Waals surface area (Å²) in [5, 5.41) is 8.95. The fourth-order valence-corrected chi connectivity index (χ4v) is 2.00. The van der Waals surface area contributed by atoms with Gasteiger partial charge in [-0.1, -0.05) is 37.3 Å². The van der Waals surface area contributed by atoms with Crippen LogP contribution in [0.3, 0.4) is 0 Å². The fourth-order valence-electron chi connectivity index (χ4n) is 2.00. The molecule has 0 saturated heterocycles. The third-order valence-electron chi connectivity index (χ3n) is 2.97. The van der Waals surface area contributed by atoms with Gasteiger partial charge in [-0.25, -0.2) is 0 Å². The molecule has 94 valence electrons. The molecule has 1 unspecified atom stereocenters. The lowest BCUT2D eigenvalue weighted by Crippen LogP contribution is -2.36. The van der Waals surface area contributed by atoms with Crippen LogP contribution in [0.15, 0.2) is 30.3 Å². The van der Waals surface area contributed by atoms with E-state index in [0.717, 1.165) is 12.0 Å². The molecule has 0 fully saturated rings. The molecular formula is C14H21NO2. The van der Waals surface area contributed by atoms with Crippen molar-refractivity contribution in [3.63, 3.8) is 0 Å². The van der Waals surface area contributed by atoms with Gasteiger partial charge in [0.1, 0.15) is 0 Å². The Morgan fingerprint density at radius 2 is 1.94 bits per heavy atom. The van der Waals surface area contributed by atoms with Gasteiger partial charge < -0.3 is 10.0 Å². The molecule has 0 radical (unpaired) electrons. The van der Waals surface area contributed by atoms with Crippen LogP contribution in [0, 0.1) is 0 Å². The van der Waals surface area contributed by atoms with E-state index in [1.54, 1.807) is 4.90 Å². The highest BCUT2D eigenvalue weighted by molar-refractivity contribution is 5.83. The summed E-state index contributed by atoms with van der Waals surface area (Å²) in [6.45, 7) is 5.03. The normalized spacial score (nSPS) is 12.2. The highest BCUT2D eigenvalue weighted by Gasteiger charge is 2.22. The third-order valence-corrected chi connectivity index (χ3v) is 2.97. The minimum atomic E-state index is -0.0947. The smallest absolute Gasteiger partial charge is 0.230 e. The van der Waals surface area contributed by atoms with Gasteiger partial charge in [0.15, 0.2) is 0 Å². The largest absolute Gasteiger partial charge is 0.395 e. The Kier molecular flexibility index (Phi) is 5.70. The molecule has 0 bridgehead atoms. The van der Waals surface area contributed by atoms with Crippen LogP contribution in [-0.4, -0.2) is 35.6 Å². The van der Waals surface area contributed by atoms with Crippen LogP contribution in [0.5, 0.6) is 0 Å². The Morgan fingerprint density at radius 1 is 1.29 bits per heavy atom. The molecule has 1 atom stereocenters. The lowest BCUT2D eigenvalue weighted by molar-refractivity contribution is -0.133. The Morgan fingerprint density at radius 3 is 2.41 bits per heavy atom. The maximum Gasteiger partial charge on any atom is 0.230 e. The first kappa shape index (κ1) is 13.7. The molecule has 3 nitrogen and oxygen atoms in total. The number of hydrogen-bond donors (Lipinski definition) is 1. The number of hydrogen-bond acceptors (Lipinski definition) is 2. The molecule has 0 aliphatic carbocycles. The van der Waals surface area contributed by atoms with Gasteiger partial charge in [0.05, 0.1) is 12.5 Å². The summed E-state index contributed by atoms with van der Waals surface area (Å²) in [7, 11) is 0. The van der Waals surface area contributed by atoms with Crippen molar-refractivity contribution in [3.05, 3.63) is 35.9 Å². The van der Waals surface area contributed by atoms with Crippen molar-refractivity contribution in [2.24, 2.45) is 0 Å². The van der Waals surface area contributed by atoms with Crippen LogP contribution in [0.25, 0.3) is 0 Å². The number of carbonyl (C=O) groups is 1. The number of aliphatic hydroxyl groups excluding tert-OH is 1. The predicted octanol–water partition coefficient (Wildman–Crippen LogP) is 2.02. The number of rotatable bonds is 6. The SMILES string of the molecule is CCC(C(=O)N(CC)CCO)c1ccccc1. The van der Waals surface area contributed by atoms with Gasteiger partial charge in [0, 0.05) is 13.1 Å². The molecular weight excluding hydrogens is 214 g/mol.